The van der Waals surface area contributed by atoms with Crippen LogP contribution in [0.2, 0.25) is 0 Å². The third-order valence-electron chi connectivity index (χ3n) is 3.06. The minimum atomic E-state index is 0.508. The van der Waals surface area contributed by atoms with Gasteiger partial charge in [-0.2, -0.15) is 0 Å². The molecule has 0 fully saturated rings. The Morgan fingerprint density at radius 2 is 1.88 bits per heavy atom. The molecule has 0 spiro atoms. The number of fused-ring (bicyclic) bond motifs is 1. The van der Waals surface area contributed by atoms with Crippen molar-refractivity contribution < 1.29 is 0 Å². The lowest BCUT2D eigenvalue weighted by atomic mass is 9.98. The number of benzene rings is 1. The van der Waals surface area contributed by atoms with Gasteiger partial charge in [0, 0.05) is 18.0 Å². The first-order chi connectivity index (χ1) is 7.50. The molecule has 2 heteroatoms. The quantitative estimate of drug-likeness (QED) is 0.661. The molecular weight excluding hydrogens is 214 g/mol. The Hall–Kier alpha value is -1.15. The number of aromatic nitrogens is 1. The van der Waals surface area contributed by atoms with Gasteiger partial charge >= 0.3 is 0 Å². The molecule has 1 heterocycles. The monoisotopic (exact) mass is 231 g/mol. The predicted octanol–water partition coefficient (Wildman–Crippen LogP) is 4.34. The minimum absolute atomic E-state index is 0.508. The second-order valence-electron chi connectivity index (χ2n) is 4.67. The van der Waals surface area contributed by atoms with E-state index < -0.39 is 0 Å². The van der Waals surface area contributed by atoms with Crippen molar-refractivity contribution in [2.24, 2.45) is 7.05 Å². The van der Waals surface area contributed by atoms with Crippen molar-refractivity contribution >= 4 is 23.1 Å². The van der Waals surface area contributed by atoms with E-state index in [0.29, 0.717) is 5.92 Å². The third-order valence-corrected chi connectivity index (χ3v) is 3.45. The van der Waals surface area contributed by atoms with Crippen LogP contribution in [0, 0.1) is 11.6 Å². The fraction of sp³-hybridized carbons (Fsp3) is 0.357. The lowest BCUT2D eigenvalue weighted by molar-refractivity contribution is 0.856. The Balaban J connectivity index is 2.95. The second-order valence-corrected chi connectivity index (χ2v) is 5.09. The molecular formula is C14H17NS. The first-order valence-corrected chi connectivity index (χ1v) is 6.02. The van der Waals surface area contributed by atoms with Crippen LogP contribution >= 0.6 is 12.2 Å². The van der Waals surface area contributed by atoms with Gasteiger partial charge in [-0.05, 0) is 36.1 Å². The number of aryl methyl sites for hydroxylation is 2. The van der Waals surface area contributed by atoms with Crippen LogP contribution in [0.15, 0.2) is 24.3 Å². The topological polar surface area (TPSA) is 4.93 Å². The SMILES string of the molecule is Cc1ccc2c(C(C)C)cc(=S)n(C)c2c1. The molecule has 1 aromatic heterocycles. The molecule has 0 radical (unpaired) electrons. The van der Waals surface area contributed by atoms with Crippen LogP contribution in [0.3, 0.4) is 0 Å². The Morgan fingerprint density at radius 1 is 1.19 bits per heavy atom. The van der Waals surface area contributed by atoms with Gasteiger partial charge in [-0.25, -0.2) is 0 Å². The van der Waals surface area contributed by atoms with Crippen molar-refractivity contribution in [1.82, 2.24) is 4.57 Å². The first kappa shape index (κ1) is 11.3. The lowest BCUT2D eigenvalue weighted by Crippen LogP contribution is -2.00. The van der Waals surface area contributed by atoms with E-state index in [1.165, 1.54) is 22.0 Å². The molecule has 0 aliphatic heterocycles. The molecule has 0 aliphatic carbocycles. The van der Waals surface area contributed by atoms with Gasteiger partial charge in [0.05, 0.1) is 0 Å². The van der Waals surface area contributed by atoms with Crippen LogP contribution in [0.4, 0.5) is 0 Å². The third kappa shape index (κ3) is 1.78. The van der Waals surface area contributed by atoms with E-state index in [1.807, 2.05) is 7.05 Å². The largest absolute Gasteiger partial charge is 0.335 e. The van der Waals surface area contributed by atoms with E-state index in [-0.39, 0.29) is 0 Å². The lowest BCUT2D eigenvalue weighted by Gasteiger charge is -2.14. The molecule has 2 aromatic rings. The van der Waals surface area contributed by atoms with E-state index in [1.54, 1.807) is 0 Å². The molecule has 0 bridgehead atoms. The molecule has 0 saturated heterocycles. The molecule has 1 aromatic carbocycles. The number of pyridine rings is 1. The smallest absolute Gasteiger partial charge is 0.106 e. The summed E-state index contributed by atoms with van der Waals surface area (Å²) in [5.74, 6) is 0.508. The summed E-state index contributed by atoms with van der Waals surface area (Å²) in [6.45, 7) is 6.54. The average Bonchev–Trinajstić information content (AvgIpc) is 2.23. The van der Waals surface area contributed by atoms with E-state index >= 15 is 0 Å². The van der Waals surface area contributed by atoms with Gasteiger partial charge in [-0.1, -0.05) is 38.2 Å². The van der Waals surface area contributed by atoms with Crippen LogP contribution < -0.4 is 0 Å². The maximum Gasteiger partial charge on any atom is 0.106 e. The van der Waals surface area contributed by atoms with Crippen LogP contribution in [0.1, 0.15) is 30.9 Å². The molecule has 0 amide bonds. The molecule has 1 nitrogen and oxygen atoms in total. The summed E-state index contributed by atoms with van der Waals surface area (Å²) in [4.78, 5) is 0. The highest BCUT2D eigenvalue weighted by molar-refractivity contribution is 7.71. The highest BCUT2D eigenvalue weighted by Crippen LogP contribution is 2.26. The van der Waals surface area contributed by atoms with Gasteiger partial charge in [-0.3, -0.25) is 0 Å². The summed E-state index contributed by atoms with van der Waals surface area (Å²) in [7, 11) is 2.04. The zero-order valence-corrected chi connectivity index (χ0v) is 11.1. The van der Waals surface area contributed by atoms with Crippen LogP contribution in [-0.4, -0.2) is 4.57 Å². The zero-order valence-electron chi connectivity index (χ0n) is 10.2. The van der Waals surface area contributed by atoms with Crippen LogP contribution in [-0.2, 0) is 7.05 Å². The Kier molecular flexibility index (Phi) is 2.85. The van der Waals surface area contributed by atoms with E-state index in [9.17, 15) is 0 Å². The predicted molar refractivity (Wildman–Crippen MR) is 72.6 cm³/mol. The summed E-state index contributed by atoms with van der Waals surface area (Å²) in [5, 5.41) is 1.32. The average molecular weight is 231 g/mol. The van der Waals surface area contributed by atoms with E-state index in [4.69, 9.17) is 12.2 Å². The Bertz CT molecular complexity index is 593. The van der Waals surface area contributed by atoms with Gasteiger partial charge in [-0.15, -0.1) is 0 Å². The van der Waals surface area contributed by atoms with Crippen molar-refractivity contribution in [3.05, 3.63) is 40.0 Å². The van der Waals surface area contributed by atoms with E-state index in [0.717, 1.165) is 4.64 Å². The maximum absolute atomic E-state index is 5.39. The van der Waals surface area contributed by atoms with Gasteiger partial charge in [0.25, 0.3) is 0 Å². The van der Waals surface area contributed by atoms with Crippen molar-refractivity contribution in [2.45, 2.75) is 26.7 Å². The fourth-order valence-electron chi connectivity index (χ4n) is 2.07. The van der Waals surface area contributed by atoms with Gasteiger partial charge in [0.15, 0.2) is 0 Å². The molecule has 0 atom stereocenters. The van der Waals surface area contributed by atoms with Crippen LogP contribution in [0.25, 0.3) is 10.9 Å². The van der Waals surface area contributed by atoms with Crippen molar-refractivity contribution in [2.75, 3.05) is 0 Å². The highest BCUT2D eigenvalue weighted by Gasteiger charge is 2.07. The molecule has 0 unspecified atom stereocenters. The number of nitrogens with zero attached hydrogens (tertiary/aromatic N) is 1. The zero-order chi connectivity index (χ0) is 11.9. The summed E-state index contributed by atoms with van der Waals surface area (Å²) in [6, 6.07) is 8.70. The van der Waals surface area contributed by atoms with Crippen LogP contribution in [0.5, 0.6) is 0 Å². The second kappa shape index (κ2) is 4.02. The molecule has 0 saturated carbocycles. The standard InChI is InChI=1S/C14H17NS/c1-9(2)12-8-14(16)15(4)13-7-10(3)5-6-11(12)13/h5-9H,1-4H3. The summed E-state index contributed by atoms with van der Waals surface area (Å²) >= 11 is 5.39. The summed E-state index contributed by atoms with van der Waals surface area (Å²) < 4.78 is 2.99. The molecule has 84 valence electrons. The van der Waals surface area contributed by atoms with E-state index in [2.05, 4.69) is 49.6 Å². The molecule has 0 N–H and O–H groups in total. The molecule has 16 heavy (non-hydrogen) atoms. The Labute approximate surface area is 102 Å². The number of hydrogen-bond donors (Lipinski definition) is 0. The number of rotatable bonds is 1. The normalized spacial score (nSPS) is 11.3. The van der Waals surface area contributed by atoms with Crippen molar-refractivity contribution in [1.29, 1.82) is 0 Å². The summed E-state index contributed by atoms with van der Waals surface area (Å²) in [6.07, 6.45) is 0. The Morgan fingerprint density at radius 3 is 2.50 bits per heavy atom. The maximum atomic E-state index is 5.39. The van der Waals surface area contributed by atoms with Crippen molar-refractivity contribution in [3.63, 3.8) is 0 Å². The van der Waals surface area contributed by atoms with Gasteiger partial charge in [0.2, 0.25) is 0 Å². The fourth-order valence-corrected chi connectivity index (χ4v) is 2.29. The highest BCUT2D eigenvalue weighted by atomic mass is 32.1. The summed E-state index contributed by atoms with van der Waals surface area (Å²) in [5.41, 5.74) is 3.85. The van der Waals surface area contributed by atoms with Crippen molar-refractivity contribution in [3.8, 4) is 0 Å². The molecule has 2 rings (SSSR count). The molecule has 0 aliphatic rings. The number of hydrogen-bond acceptors (Lipinski definition) is 1. The minimum Gasteiger partial charge on any atom is -0.335 e. The van der Waals surface area contributed by atoms with Gasteiger partial charge in [0.1, 0.15) is 4.64 Å². The first-order valence-electron chi connectivity index (χ1n) is 5.61. The van der Waals surface area contributed by atoms with Gasteiger partial charge < -0.3 is 4.57 Å².